The van der Waals surface area contributed by atoms with E-state index < -0.39 is 10.0 Å². The van der Waals surface area contributed by atoms with Gasteiger partial charge in [0.15, 0.2) is 0 Å². The molecule has 21 heavy (non-hydrogen) atoms. The summed E-state index contributed by atoms with van der Waals surface area (Å²) in [5.41, 5.74) is 1.66. The van der Waals surface area contributed by atoms with E-state index in [4.69, 9.17) is 11.6 Å². The predicted molar refractivity (Wildman–Crippen MR) is 88.2 cm³/mol. The van der Waals surface area contributed by atoms with Crippen LogP contribution in [0.4, 0.5) is 5.69 Å². The number of nitrogens with zero attached hydrogens (tertiary/aromatic N) is 1. The van der Waals surface area contributed by atoms with Gasteiger partial charge in [0, 0.05) is 16.4 Å². The fraction of sp³-hybridized carbons (Fsp3) is 0.214. The summed E-state index contributed by atoms with van der Waals surface area (Å²) in [6, 6.07) is 8.71. The first kappa shape index (κ1) is 16.3. The zero-order valence-electron chi connectivity index (χ0n) is 11.3. The number of hydrogen-bond donors (Lipinski definition) is 1. The maximum atomic E-state index is 12.3. The van der Waals surface area contributed by atoms with Crippen LogP contribution in [-0.4, -0.2) is 13.4 Å². The molecule has 0 radical (unpaired) electrons. The van der Waals surface area contributed by atoms with Gasteiger partial charge in [0.05, 0.1) is 0 Å². The number of halogens is 2. The number of benzene rings is 1. The molecule has 0 amide bonds. The second-order valence-electron chi connectivity index (χ2n) is 4.49. The van der Waals surface area contributed by atoms with E-state index in [2.05, 4.69) is 32.6 Å². The highest BCUT2D eigenvalue weighted by atomic mass is 79.9. The van der Waals surface area contributed by atoms with Gasteiger partial charge in [-0.05, 0) is 46.1 Å². The normalized spacial score (nSPS) is 11.4. The average molecular weight is 390 g/mol. The molecule has 2 aromatic rings. The second-order valence-corrected chi connectivity index (χ2v) is 7.42. The summed E-state index contributed by atoms with van der Waals surface area (Å²) >= 11 is 9.05. The van der Waals surface area contributed by atoms with Crippen molar-refractivity contribution in [1.29, 1.82) is 0 Å². The van der Waals surface area contributed by atoms with Crippen LogP contribution >= 0.6 is 27.5 Å². The van der Waals surface area contributed by atoms with E-state index in [0.29, 0.717) is 10.2 Å². The molecule has 1 aromatic heterocycles. The van der Waals surface area contributed by atoms with Crippen LogP contribution in [0.25, 0.3) is 0 Å². The van der Waals surface area contributed by atoms with Crippen molar-refractivity contribution in [3.63, 3.8) is 0 Å². The van der Waals surface area contributed by atoms with Gasteiger partial charge in [0.25, 0.3) is 10.0 Å². The van der Waals surface area contributed by atoms with Gasteiger partial charge in [-0.25, -0.2) is 13.4 Å². The number of sulfonamides is 1. The van der Waals surface area contributed by atoms with E-state index in [1.807, 2.05) is 12.1 Å². The maximum Gasteiger partial charge on any atom is 0.265 e. The highest BCUT2D eigenvalue weighted by Gasteiger charge is 2.19. The molecule has 0 atom stereocenters. The Morgan fingerprint density at radius 3 is 2.57 bits per heavy atom. The van der Waals surface area contributed by atoms with Crippen molar-refractivity contribution in [3.8, 4) is 0 Å². The third-order valence-corrected chi connectivity index (χ3v) is 5.05. The van der Waals surface area contributed by atoms with E-state index in [0.717, 1.165) is 12.8 Å². The first-order valence-corrected chi connectivity index (χ1v) is 9.00. The zero-order valence-corrected chi connectivity index (χ0v) is 14.5. The SMILES string of the molecule is CCCc1ccc(NS(=O)(=O)c2cc(Br)cnc2Cl)cc1. The van der Waals surface area contributed by atoms with Gasteiger partial charge in [-0.1, -0.05) is 37.1 Å². The Hall–Kier alpha value is -1.11. The lowest BCUT2D eigenvalue weighted by Crippen LogP contribution is -2.14. The fourth-order valence-electron chi connectivity index (χ4n) is 1.83. The van der Waals surface area contributed by atoms with E-state index in [1.54, 1.807) is 12.1 Å². The molecule has 0 aliphatic heterocycles. The predicted octanol–water partition coefficient (Wildman–Crippen LogP) is 4.25. The molecule has 1 heterocycles. The zero-order chi connectivity index (χ0) is 15.5. The van der Waals surface area contributed by atoms with Crippen molar-refractivity contribution in [2.45, 2.75) is 24.7 Å². The maximum absolute atomic E-state index is 12.3. The van der Waals surface area contributed by atoms with Crippen molar-refractivity contribution >= 4 is 43.2 Å². The standard InChI is InChI=1S/C14H14BrClN2O2S/c1-2-3-10-4-6-12(7-5-10)18-21(19,20)13-8-11(15)9-17-14(13)16/h4-9,18H,2-3H2,1H3. The molecule has 4 nitrogen and oxygen atoms in total. The minimum atomic E-state index is -3.77. The van der Waals surface area contributed by atoms with Crippen LogP contribution in [0.15, 0.2) is 45.9 Å². The third-order valence-electron chi connectivity index (χ3n) is 2.81. The molecule has 0 aliphatic rings. The largest absolute Gasteiger partial charge is 0.280 e. The third kappa shape index (κ3) is 4.18. The number of rotatable bonds is 5. The summed E-state index contributed by atoms with van der Waals surface area (Å²) in [6.07, 6.45) is 3.46. The summed E-state index contributed by atoms with van der Waals surface area (Å²) in [7, 11) is -3.77. The van der Waals surface area contributed by atoms with Crippen LogP contribution in [0.1, 0.15) is 18.9 Å². The van der Waals surface area contributed by atoms with Gasteiger partial charge in [0.2, 0.25) is 0 Å². The summed E-state index contributed by atoms with van der Waals surface area (Å²) in [4.78, 5) is 3.77. The lowest BCUT2D eigenvalue weighted by Gasteiger charge is -2.10. The highest BCUT2D eigenvalue weighted by Crippen LogP contribution is 2.25. The van der Waals surface area contributed by atoms with Crippen molar-refractivity contribution < 1.29 is 8.42 Å². The Bertz CT molecular complexity index is 733. The molecule has 112 valence electrons. The van der Waals surface area contributed by atoms with Crippen LogP contribution in [0.5, 0.6) is 0 Å². The molecule has 7 heteroatoms. The number of aromatic nitrogens is 1. The lowest BCUT2D eigenvalue weighted by atomic mass is 10.1. The van der Waals surface area contributed by atoms with Crippen LogP contribution in [0.3, 0.4) is 0 Å². The minimum Gasteiger partial charge on any atom is -0.280 e. The van der Waals surface area contributed by atoms with Gasteiger partial charge >= 0.3 is 0 Å². The Morgan fingerprint density at radius 1 is 1.29 bits per heavy atom. The molecule has 0 unspecified atom stereocenters. The molecule has 1 N–H and O–H groups in total. The van der Waals surface area contributed by atoms with Gasteiger partial charge in [-0.3, -0.25) is 4.72 Å². The van der Waals surface area contributed by atoms with Crippen LogP contribution in [0, 0.1) is 0 Å². The fourth-order valence-corrected chi connectivity index (χ4v) is 3.83. The molecular weight excluding hydrogens is 376 g/mol. The minimum absolute atomic E-state index is 0.0591. The van der Waals surface area contributed by atoms with Crippen molar-refractivity contribution in [1.82, 2.24) is 4.98 Å². The average Bonchev–Trinajstić information content (AvgIpc) is 2.43. The summed E-state index contributed by atoms with van der Waals surface area (Å²) in [6.45, 7) is 2.10. The number of nitrogens with one attached hydrogen (secondary N) is 1. The Balaban J connectivity index is 2.26. The van der Waals surface area contributed by atoms with Crippen LogP contribution < -0.4 is 4.72 Å². The van der Waals surface area contributed by atoms with Crippen LogP contribution in [0.2, 0.25) is 5.15 Å². The first-order valence-electron chi connectivity index (χ1n) is 6.35. The van der Waals surface area contributed by atoms with E-state index >= 15 is 0 Å². The summed E-state index contributed by atoms with van der Waals surface area (Å²) in [5.74, 6) is 0. The molecule has 2 rings (SSSR count). The summed E-state index contributed by atoms with van der Waals surface area (Å²) < 4.78 is 27.7. The second kappa shape index (κ2) is 6.77. The van der Waals surface area contributed by atoms with E-state index in [9.17, 15) is 8.42 Å². The molecule has 0 aliphatic carbocycles. The molecule has 1 aromatic carbocycles. The van der Waals surface area contributed by atoms with Gasteiger partial charge < -0.3 is 0 Å². The molecule has 0 saturated carbocycles. The highest BCUT2D eigenvalue weighted by molar-refractivity contribution is 9.10. The smallest absolute Gasteiger partial charge is 0.265 e. The summed E-state index contributed by atoms with van der Waals surface area (Å²) in [5, 5.41) is -0.0618. The molecular formula is C14H14BrClN2O2S. The Labute approximate surface area is 137 Å². The Morgan fingerprint density at radius 2 is 1.95 bits per heavy atom. The van der Waals surface area contributed by atoms with E-state index in [-0.39, 0.29) is 10.0 Å². The van der Waals surface area contributed by atoms with Gasteiger partial charge in [-0.2, -0.15) is 0 Å². The van der Waals surface area contributed by atoms with Crippen molar-refractivity contribution in [2.75, 3.05) is 4.72 Å². The number of pyridine rings is 1. The molecule has 0 fully saturated rings. The quantitative estimate of drug-likeness (QED) is 0.778. The van der Waals surface area contributed by atoms with Crippen LogP contribution in [-0.2, 0) is 16.4 Å². The molecule has 0 bridgehead atoms. The van der Waals surface area contributed by atoms with E-state index in [1.165, 1.54) is 17.8 Å². The Kier molecular flexibility index (Phi) is 5.24. The topological polar surface area (TPSA) is 59.1 Å². The van der Waals surface area contributed by atoms with Crippen molar-refractivity contribution in [2.24, 2.45) is 0 Å². The van der Waals surface area contributed by atoms with Gasteiger partial charge in [0.1, 0.15) is 10.0 Å². The molecule has 0 spiro atoms. The lowest BCUT2D eigenvalue weighted by molar-refractivity contribution is 0.601. The number of aryl methyl sites for hydroxylation is 1. The number of anilines is 1. The van der Waals surface area contributed by atoms with Gasteiger partial charge in [-0.15, -0.1) is 0 Å². The first-order chi connectivity index (χ1) is 9.92. The monoisotopic (exact) mass is 388 g/mol. The number of hydrogen-bond acceptors (Lipinski definition) is 3. The molecule has 0 saturated heterocycles. The van der Waals surface area contributed by atoms with Crippen molar-refractivity contribution in [3.05, 3.63) is 51.7 Å².